The van der Waals surface area contributed by atoms with Gasteiger partial charge in [0.05, 0.1) is 6.54 Å². The molecule has 6 heteroatoms. The van der Waals surface area contributed by atoms with Gasteiger partial charge in [0, 0.05) is 19.0 Å². The van der Waals surface area contributed by atoms with Crippen LogP contribution in [0, 0.1) is 0 Å². The third-order valence-electron chi connectivity index (χ3n) is 3.04. The molecule has 0 amide bonds. The van der Waals surface area contributed by atoms with Crippen molar-refractivity contribution in [1.82, 2.24) is 19.7 Å². The molecule has 6 nitrogen and oxygen atoms in total. The van der Waals surface area contributed by atoms with Gasteiger partial charge in [-0.3, -0.25) is 9.69 Å². The number of rotatable bonds is 9. The number of aryl methyl sites for hydroxylation is 1. The van der Waals surface area contributed by atoms with Crippen LogP contribution in [0.25, 0.3) is 0 Å². The first-order valence-electron chi connectivity index (χ1n) is 6.87. The minimum Gasteiger partial charge on any atom is -0.481 e. The highest BCUT2D eigenvalue weighted by Gasteiger charge is 2.14. The van der Waals surface area contributed by atoms with Crippen molar-refractivity contribution in [3.8, 4) is 0 Å². The van der Waals surface area contributed by atoms with Crippen LogP contribution >= 0.6 is 0 Å². The molecule has 1 N–H and O–H groups in total. The fourth-order valence-corrected chi connectivity index (χ4v) is 1.94. The highest BCUT2D eigenvalue weighted by atomic mass is 16.4. The highest BCUT2D eigenvalue weighted by molar-refractivity contribution is 5.66. The first kappa shape index (κ1) is 15.6. The number of aromatic nitrogens is 3. The van der Waals surface area contributed by atoms with E-state index in [4.69, 9.17) is 5.11 Å². The maximum atomic E-state index is 10.6. The molecular weight excluding hydrogens is 244 g/mol. The maximum absolute atomic E-state index is 10.6. The summed E-state index contributed by atoms with van der Waals surface area (Å²) in [6.07, 6.45) is 3.48. The van der Waals surface area contributed by atoms with E-state index in [1.807, 2.05) is 4.68 Å². The molecule has 0 aliphatic rings. The first-order valence-corrected chi connectivity index (χ1v) is 6.87. The van der Waals surface area contributed by atoms with Gasteiger partial charge in [0.2, 0.25) is 0 Å². The molecule has 0 saturated heterocycles. The molecule has 0 aliphatic heterocycles. The standard InChI is InChI=1S/C13H24N4O2/c1-4-7-17-12(14-10-15-17)9-16(11(2)3)8-5-6-13(18)19/h10-11H,4-9H2,1-3H3,(H,18,19). The lowest BCUT2D eigenvalue weighted by atomic mass is 10.2. The van der Waals surface area contributed by atoms with Crippen molar-refractivity contribution < 1.29 is 9.90 Å². The Bertz CT molecular complexity index is 390. The van der Waals surface area contributed by atoms with E-state index in [2.05, 4.69) is 35.8 Å². The van der Waals surface area contributed by atoms with Crippen LogP contribution in [0.1, 0.15) is 45.9 Å². The highest BCUT2D eigenvalue weighted by Crippen LogP contribution is 2.08. The van der Waals surface area contributed by atoms with Gasteiger partial charge in [-0.25, -0.2) is 9.67 Å². The zero-order chi connectivity index (χ0) is 14.3. The minimum absolute atomic E-state index is 0.213. The number of aliphatic carboxylic acids is 1. The van der Waals surface area contributed by atoms with E-state index >= 15 is 0 Å². The van der Waals surface area contributed by atoms with Crippen LogP contribution in [0.3, 0.4) is 0 Å². The molecule has 0 saturated carbocycles. The number of hydrogen-bond donors (Lipinski definition) is 1. The Morgan fingerprint density at radius 1 is 1.53 bits per heavy atom. The fraction of sp³-hybridized carbons (Fsp3) is 0.769. The number of carbonyl (C=O) groups is 1. The number of nitrogens with zero attached hydrogens (tertiary/aromatic N) is 4. The van der Waals surface area contributed by atoms with Crippen LogP contribution in [-0.2, 0) is 17.9 Å². The summed E-state index contributed by atoms with van der Waals surface area (Å²) in [4.78, 5) is 17.1. The Hall–Kier alpha value is -1.43. The third kappa shape index (κ3) is 5.38. The van der Waals surface area contributed by atoms with Gasteiger partial charge in [-0.2, -0.15) is 5.10 Å². The SMILES string of the molecule is CCCn1ncnc1CN(CCCC(=O)O)C(C)C. The summed E-state index contributed by atoms with van der Waals surface area (Å²) in [6, 6.07) is 0.362. The Kier molecular flexibility index (Phi) is 6.49. The lowest BCUT2D eigenvalue weighted by molar-refractivity contribution is -0.137. The molecule has 108 valence electrons. The van der Waals surface area contributed by atoms with E-state index in [9.17, 15) is 4.79 Å². The number of carboxylic acid groups (broad SMARTS) is 1. The molecule has 19 heavy (non-hydrogen) atoms. The summed E-state index contributed by atoms with van der Waals surface area (Å²) < 4.78 is 1.92. The van der Waals surface area contributed by atoms with Crippen molar-refractivity contribution in [3.05, 3.63) is 12.2 Å². The lowest BCUT2D eigenvalue weighted by Crippen LogP contribution is -2.33. The van der Waals surface area contributed by atoms with Crippen LogP contribution in [0.4, 0.5) is 0 Å². The molecule has 1 aromatic rings. The van der Waals surface area contributed by atoms with Crippen LogP contribution in [0.15, 0.2) is 6.33 Å². The zero-order valence-corrected chi connectivity index (χ0v) is 12.0. The quantitative estimate of drug-likeness (QED) is 0.739. The van der Waals surface area contributed by atoms with Crippen molar-refractivity contribution in [1.29, 1.82) is 0 Å². The van der Waals surface area contributed by atoms with Gasteiger partial charge in [-0.15, -0.1) is 0 Å². The molecule has 0 atom stereocenters. The van der Waals surface area contributed by atoms with Gasteiger partial charge in [-0.05, 0) is 33.2 Å². The molecule has 1 rings (SSSR count). The van der Waals surface area contributed by atoms with E-state index in [-0.39, 0.29) is 6.42 Å². The second-order valence-electron chi connectivity index (χ2n) is 4.96. The monoisotopic (exact) mass is 268 g/mol. The van der Waals surface area contributed by atoms with E-state index < -0.39 is 5.97 Å². The van der Waals surface area contributed by atoms with Crippen molar-refractivity contribution in [2.45, 2.75) is 59.2 Å². The molecule has 0 fully saturated rings. The molecule has 0 spiro atoms. The summed E-state index contributed by atoms with van der Waals surface area (Å²) in [6.45, 7) is 8.69. The molecule has 1 aromatic heterocycles. The Morgan fingerprint density at radius 3 is 2.84 bits per heavy atom. The van der Waals surface area contributed by atoms with E-state index in [1.165, 1.54) is 0 Å². The molecule has 0 unspecified atom stereocenters. The van der Waals surface area contributed by atoms with Gasteiger partial charge in [-0.1, -0.05) is 6.92 Å². The van der Waals surface area contributed by atoms with Gasteiger partial charge in [0.1, 0.15) is 12.2 Å². The average Bonchev–Trinajstić information content (AvgIpc) is 2.75. The maximum Gasteiger partial charge on any atom is 0.303 e. The third-order valence-corrected chi connectivity index (χ3v) is 3.04. The smallest absolute Gasteiger partial charge is 0.303 e. The van der Waals surface area contributed by atoms with Gasteiger partial charge < -0.3 is 5.11 Å². The summed E-state index contributed by atoms with van der Waals surface area (Å²) in [5.41, 5.74) is 0. The zero-order valence-electron chi connectivity index (χ0n) is 12.0. The van der Waals surface area contributed by atoms with Crippen molar-refractivity contribution in [2.24, 2.45) is 0 Å². The van der Waals surface area contributed by atoms with Gasteiger partial charge >= 0.3 is 5.97 Å². The Morgan fingerprint density at radius 2 is 2.26 bits per heavy atom. The molecule has 1 heterocycles. The second kappa shape index (κ2) is 7.89. The predicted molar refractivity (Wildman–Crippen MR) is 72.7 cm³/mol. The van der Waals surface area contributed by atoms with Crippen molar-refractivity contribution in [2.75, 3.05) is 6.54 Å². The first-order chi connectivity index (χ1) is 9.04. The van der Waals surface area contributed by atoms with Crippen LogP contribution in [0.2, 0.25) is 0 Å². The predicted octanol–water partition coefficient (Wildman–Crippen LogP) is 1.76. The minimum atomic E-state index is -0.738. The van der Waals surface area contributed by atoms with Gasteiger partial charge in [0.25, 0.3) is 0 Å². The normalized spacial score (nSPS) is 11.4. The largest absolute Gasteiger partial charge is 0.481 e. The summed E-state index contributed by atoms with van der Waals surface area (Å²) >= 11 is 0. The summed E-state index contributed by atoms with van der Waals surface area (Å²) in [7, 11) is 0. The van der Waals surface area contributed by atoms with Crippen LogP contribution in [-0.4, -0.2) is 43.3 Å². The second-order valence-corrected chi connectivity index (χ2v) is 4.96. The van der Waals surface area contributed by atoms with E-state index in [0.717, 1.165) is 31.9 Å². The summed E-state index contributed by atoms with van der Waals surface area (Å²) in [5.74, 6) is 0.212. The Labute approximate surface area is 114 Å². The molecular formula is C13H24N4O2. The van der Waals surface area contributed by atoms with Crippen LogP contribution < -0.4 is 0 Å². The number of hydrogen-bond acceptors (Lipinski definition) is 4. The average molecular weight is 268 g/mol. The summed E-state index contributed by atoms with van der Waals surface area (Å²) in [5, 5.41) is 12.9. The van der Waals surface area contributed by atoms with Gasteiger partial charge in [0.15, 0.2) is 0 Å². The van der Waals surface area contributed by atoms with Crippen LogP contribution in [0.5, 0.6) is 0 Å². The van der Waals surface area contributed by atoms with E-state index in [1.54, 1.807) is 6.33 Å². The fourth-order valence-electron chi connectivity index (χ4n) is 1.94. The Balaban J connectivity index is 2.57. The van der Waals surface area contributed by atoms with E-state index in [0.29, 0.717) is 12.5 Å². The molecule has 0 bridgehead atoms. The number of carboxylic acids is 1. The topological polar surface area (TPSA) is 71.2 Å². The lowest BCUT2D eigenvalue weighted by Gasteiger charge is -2.25. The van der Waals surface area contributed by atoms with Crippen molar-refractivity contribution in [3.63, 3.8) is 0 Å². The molecule has 0 aromatic carbocycles. The molecule has 0 radical (unpaired) electrons. The van der Waals surface area contributed by atoms with Crippen molar-refractivity contribution >= 4 is 5.97 Å². The molecule has 0 aliphatic carbocycles.